The van der Waals surface area contributed by atoms with Crippen LogP contribution >= 0.6 is 22.7 Å². The summed E-state index contributed by atoms with van der Waals surface area (Å²) >= 11 is 3.41. The molecule has 4 aromatic heterocycles. The summed E-state index contributed by atoms with van der Waals surface area (Å²) in [7, 11) is 0. The van der Waals surface area contributed by atoms with Crippen molar-refractivity contribution in [2.45, 2.75) is 0 Å². The molecule has 148 valence electrons. The third-order valence-corrected chi connectivity index (χ3v) is 7.03. The number of pyridine rings is 2. The zero-order valence-electron chi connectivity index (χ0n) is 16.4. The predicted octanol–water partition coefficient (Wildman–Crippen LogP) is 7.98. The van der Waals surface area contributed by atoms with Crippen LogP contribution in [-0.4, -0.2) is 9.97 Å². The van der Waals surface area contributed by atoms with Crippen molar-refractivity contribution < 1.29 is 0 Å². The Balaban J connectivity index is 1.56. The van der Waals surface area contributed by atoms with Crippen LogP contribution in [-0.2, 0) is 0 Å². The molecule has 3 nitrogen and oxygen atoms in total. The minimum absolute atomic E-state index is 0.979. The molecule has 0 saturated heterocycles. The molecule has 0 fully saturated rings. The zero-order valence-corrected chi connectivity index (χ0v) is 18.1. The first-order valence-corrected chi connectivity index (χ1v) is 11.8. The van der Waals surface area contributed by atoms with Crippen LogP contribution in [0, 0.1) is 0 Å². The SMILES string of the molecule is c1csc(-c2cc(Nc3cc(-c4cccs4)nc4ccccc34)c3ccccc3n2)c1. The topological polar surface area (TPSA) is 37.8 Å². The van der Waals surface area contributed by atoms with E-state index in [2.05, 4.69) is 88.9 Å². The molecule has 0 amide bonds. The largest absolute Gasteiger partial charge is 0.354 e. The number of aromatic nitrogens is 2. The van der Waals surface area contributed by atoms with Crippen LogP contribution < -0.4 is 5.32 Å². The van der Waals surface area contributed by atoms with Crippen LogP contribution in [0.1, 0.15) is 0 Å². The van der Waals surface area contributed by atoms with Crippen molar-refractivity contribution in [1.29, 1.82) is 0 Å². The zero-order chi connectivity index (χ0) is 20.6. The minimum atomic E-state index is 0.979. The second kappa shape index (κ2) is 7.61. The van der Waals surface area contributed by atoms with Crippen molar-refractivity contribution in [3.63, 3.8) is 0 Å². The molecule has 6 aromatic rings. The highest BCUT2D eigenvalue weighted by Crippen LogP contribution is 2.36. The molecule has 0 radical (unpaired) electrons. The Morgan fingerprint density at radius 3 is 1.48 bits per heavy atom. The normalized spacial score (nSPS) is 11.2. The van der Waals surface area contributed by atoms with Crippen molar-refractivity contribution in [3.8, 4) is 21.1 Å². The number of nitrogens with zero attached hydrogens (tertiary/aromatic N) is 2. The van der Waals surface area contributed by atoms with E-state index in [9.17, 15) is 0 Å². The standard InChI is InChI=1S/C26H17N3S2/c1-3-9-19-17(7-1)21(15-23(27-19)25-11-5-13-30-25)29-22-16-24(26-12-6-14-31-26)28-20-10-4-2-8-18(20)22/h1-16H,(H,27,28,29). The Morgan fingerprint density at radius 2 is 1.03 bits per heavy atom. The number of benzene rings is 2. The first kappa shape index (κ1) is 18.2. The summed E-state index contributed by atoms with van der Waals surface area (Å²) in [6.07, 6.45) is 0. The number of nitrogens with one attached hydrogen (secondary N) is 1. The number of fused-ring (bicyclic) bond motifs is 2. The summed E-state index contributed by atoms with van der Waals surface area (Å²) in [5.74, 6) is 0. The van der Waals surface area contributed by atoms with Gasteiger partial charge in [0, 0.05) is 10.8 Å². The van der Waals surface area contributed by atoms with E-state index in [0.717, 1.165) is 54.3 Å². The van der Waals surface area contributed by atoms with Crippen LogP contribution in [0.3, 0.4) is 0 Å². The van der Waals surface area contributed by atoms with Gasteiger partial charge in [-0.2, -0.15) is 0 Å². The second-order valence-corrected chi connectivity index (χ2v) is 9.12. The Kier molecular flexibility index (Phi) is 4.48. The van der Waals surface area contributed by atoms with Gasteiger partial charge in [-0.1, -0.05) is 48.5 Å². The minimum Gasteiger partial charge on any atom is -0.354 e. The van der Waals surface area contributed by atoms with Crippen molar-refractivity contribution in [3.05, 3.63) is 95.7 Å². The quantitative estimate of drug-likeness (QED) is 0.305. The average Bonchev–Trinajstić information content (AvgIpc) is 3.53. The third-order valence-electron chi connectivity index (χ3n) is 5.25. The summed E-state index contributed by atoms with van der Waals surface area (Å²) in [6, 6.07) is 29.2. The summed E-state index contributed by atoms with van der Waals surface area (Å²) in [4.78, 5) is 12.1. The number of hydrogen-bond donors (Lipinski definition) is 1. The predicted molar refractivity (Wildman–Crippen MR) is 133 cm³/mol. The van der Waals surface area contributed by atoms with E-state index in [1.54, 1.807) is 22.7 Å². The summed E-state index contributed by atoms with van der Waals surface area (Å²) in [5.41, 5.74) is 6.01. The van der Waals surface area contributed by atoms with Gasteiger partial charge in [0.05, 0.1) is 43.6 Å². The molecule has 0 aliphatic carbocycles. The second-order valence-electron chi connectivity index (χ2n) is 7.22. The molecule has 1 N–H and O–H groups in total. The van der Waals surface area contributed by atoms with E-state index < -0.39 is 0 Å². The van der Waals surface area contributed by atoms with Crippen molar-refractivity contribution >= 4 is 55.9 Å². The number of anilines is 2. The van der Waals surface area contributed by atoms with Gasteiger partial charge >= 0.3 is 0 Å². The molecule has 0 aliphatic rings. The Labute approximate surface area is 187 Å². The van der Waals surface area contributed by atoms with Crippen LogP contribution in [0.15, 0.2) is 95.7 Å². The number of thiophene rings is 2. The van der Waals surface area contributed by atoms with Gasteiger partial charge in [0.25, 0.3) is 0 Å². The van der Waals surface area contributed by atoms with Crippen molar-refractivity contribution in [2.24, 2.45) is 0 Å². The molecular weight excluding hydrogens is 418 g/mol. The highest BCUT2D eigenvalue weighted by molar-refractivity contribution is 7.13. The van der Waals surface area contributed by atoms with Crippen LogP contribution in [0.25, 0.3) is 42.9 Å². The van der Waals surface area contributed by atoms with Gasteiger partial charge in [0.15, 0.2) is 0 Å². The molecular formula is C26H17N3S2. The van der Waals surface area contributed by atoms with E-state index in [-0.39, 0.29) is 0 Å². The monoisotopic (exact) mass is 435 g/mol. The fraction of sp³-hybridized carbons (Fsp3) is 0. The highest BCUT2D eigenvalue weighted by atomic mass is 32.1. The Bertz CT molecular complexity index is 1390. The van der Waals surface area contributed by atoms with Gasteiger partial charge in [-0.3, -0.25) is 0 Å². The van der Waals surface area contributed by atoms with Gasteiger partial charge in [-0.25, -0.2) is 9.97 Å². The van der Waals surface area contributed by atoms with Crippen molar-refractivity contribution in [2.75, 3.05) is 5.32 Å². The van der Waals surface area contributed by atoms with E-state index in [0.29, 0.717) is 0 Å². The lowest BCUT2D eigenvalue weighted by Gasteiger charge is -2.14. The van der Waals surface area contributed by atoms with Gasteiger partial charge in [0.1, 0.15) is 0 Å². The molecule has 0 unspecified atom stereocenters. The van der Waals surface area contributed by atoms with Crippen LogP contribution in [0.5, 0.6) is 0 Å². The lowest BCUT2D eigenvalue weighted by atomic mass is 10.1. The number of para-hydroxylation sites is 2. The number of hydrogen-bond acceptors (Lipinski definition) is 5. The summed E-state index contributed by atoms with van der Waals surface area (Å²) in [5, 5.41) is 10.1. The molecule has 0 atom stereocenters. The van der Waals surface area contributed by atoms with E-state index in [1.165, 1.54) is 0 Å². The molecule has 0 bridgehead atoms. The first-order chi connectivity index (χ1) is 15.3. The maximum atomic E-state index is 4.90. The fourth-order valence-corrected chi connectivity index (χ4v) is 5.18. The molecule has 0 spiro atoms. The van der Waals surface area contributed by atoms with Crippen molar-refractivity contribution in [1.82, 2.24) is 9.97 Å². The lowest BCUT2D eigenvalue weighted by molar-refractivity contribution is 1.40. The third kappa shape index (κ3) is 3.38. The maximum absolute atomic E-state index is 4.90. The van der Waals surface area contributed by atoms with Gasteiger partial charge in [0.2, 0.25) is 0 Å². The molecule has 31 heavy (non-hydrogen) atoms. The molecule has 6 rings (SSSR count). The Morgan fingerprint density at radius 1 is 0.548 bits per heavy atom. The highest BCUT2D eigenvalue weighted by Gasteiger charge is 2.12. The first-order valence-electron chi connectivity index (χ1n) is 9.99. The molecule has 0 aliphatic heterocycles. The average molecular weight is 436 g/mol. The summed E-state index contributed by atoms with van der Waals surface area (Å²) < 4.78 is 0. The van der Waals surface area contributed by atoms with Crippen LogP contribution in [0.2, 0.25) is 0 Å². The maximum Gasteiger partial charge on any atom is 0.0830 e. The molecule has 2 aromatic carbocycles. The lowest BCUT2D eigenvalue weighted by Crippen LogP contribution is -1.97. The van der Waals surface area contributed by atoms with Crippen LogP contribution in [0.4, 0.5) is 11.4 Å². The van der Waals surface area contributed by atoms with E-state index >= 15 is 0 Å². The molecule has 5 heteroatoms. The van der Waals surface area contributed by atoms with Gasteiger partial charge in [-0.15, -0.1) is 22.7 Å². The summed E-state index contributed by atoms with van der Waals surface area (Å²) in [6.45, 7) is 0. The van der Waals surface area contributed by atoms with E-state index in [1.807, 2.05) is 12.1 Å². The molecule has 4 heterocycles. The number of rotatable bonds is 4. The van der Waals surface area contributed by atoms with Gasteiger partial charge < -0.3 is 5.32 Å². The smallest absolute Gasteiger partial charge is 0.0830 e. The van der Waals surface area contributed by atoms with Gasteiger partial charge in [-0.05, 0) is 47.2 Å². The fourth-order valence-electron chi connectivity index (χ4n) is 3.80. The Hall–Kier alpha value is -3.54. The molecule has 0 saturated carbocycles. The van der Waals surface area contributed by atoms with E-state index in [4.69, 9.17) is 9.97 Å².